The van der Waals surface area contributed by atoms with E-state index in [4.69, 9.17) is 5.11 Å². The molecule has 0 spiro atoms. The van der Waals surface area contributed by atoms with Gasteiger partial charge < -0.3 is 10.4 Å². The number of hydrogen-bond acceptors (Lipinski definition) is 1. The number of aliphatic hydroxyl groups is 1. The van der Waals surface area contributed by atoms with Crippen molar-refractivity contribution in [3.05, 3.63) is 47.6 Å². The van der Waals surface area contributed by atoms with Crippen molar-refractivity contribution in [1.29, 1.82) is 0 Å². The quantitative estimate of drug-likeness (QED) is 0.458. The van der Waals surface area contributed by atoms with Crippen molar-refractivity contribution < 1.29 is 194 Å². The first-order chi connectivity index (χ1) is 7.31. The van der Waals surface area contributed by atoms with Gasteiger partial charge in [0.1, 0.15) is 5.82 Å². The number of benzene rings is 1. The van der Waals surface area contributed by atoms with Gasteiger partial charge in [-0.3, -0.25) is 0 Å². The van der Waals surface area contributed by atoms with Crippen LogP contribution in [0.15, 0.2) is 24.3 Å². The van der Waals surface area contributed by atoms with Gasteiger partial charge in [0.25, 0.3) is 0 Å². The van der Waals surface area contributed by atoms with E-state index in [0.717, 1.165) is 18.5 Å². The van der Waals surface area contributed by atoms with Crippen molar-refractivity contribution in [3.8, 4) is 0 Å². The van der Waals surface area contributed by atoms with E-state index in [-0.39, 0.29) is 202 Å². The van der Waals surface area contributed by atoms with Gasteiger partial charge in [0, 0.05) is 185 Å². The standard InChI is InChI=1S/C12H14FNO.W.5Y/c13-11-3-1-9(2-4-11)12-5-6-14-7-10(12)8-15;;;;;;/h1-4,8,10,12,15H,5-7H2;;;;;;/q-2;;;;;;/t10-,12-;;;;;;/m0....../s1. The zero-order valence-electron chi connectivity index (χ0n) is 11.7. The monoisotopic (exact) mass is 836 g/mol. The van der Waals surface area contributed by atoms with Gasteiger partial charge in [0.05, 0.1) is 0 Å². The second kappa shape index (κ2) is 21.6. The number of piperidine rings is 1. The van der Waals surface area contributed by atoms with Crippen LogP contribution in [0.3, 0.4) is 0 Å². The molecule has 9 heteroatoms. The van der Waals surface area contributed by atoms with E-state index in [1.165, 1.54) is 18.7 Å². The van der Waals surface area contributed by atoms with Gasteiger partial charge in [-0.1, -0.05) is 18.6 Å². The van der Waals surface area contributed by atoms with Crippen LogP contribution in [0, 0.1) is 18.3 Å². The van der Waals surface area contributed by atoms with Gasteiger partial charge in [-0.2, -0.15) is 12.5 Å². The van der Waals surface area contributed by atoms with E-state index in [1.807, 2.05) is 0 Å². The van der Waals surface area contributed by atoms with Crippen LogP contribution < -0.4 is 0 Å². The van der Waals surface area contributed by atoms with Crippen LogP contribution >= 0.6 is 0 Å². The summed E-state index contributed by atoms with van der Waals surface area (Å²) in [5, 5.41) is 13.4. The number of nitrogens with zero attached hydrogens (tertiary/aromatic N) is 1. The van der Waals surface area contributed by atoms with Crippen LogP contribution in [-0.4, -0.2) is 18.2 Å². The SMILES string of the molecule is O[CH-][C@@H]1C[N-]CC[C@H]1c1ccc(F)cc1.[W].[Y].[Y].[Y].[Y].[Y]. The van der Waals surface area contributed by atoms with E-state index in [9.17, 15) is 4.39 Å². The smallest absolute Gasteiger partial charge is 0.123 e. The molecule has 2 rings (SSSR count). The Morgan fingerprint density at radius 3 is 2.05 bits per heavy atom. The Morgan fingerprint density at radius 1 is 1.05 bits per heavy atom. The molecule has 1 aliphatic heterocycles. The van der Waals surface area contributed by atoms with Crippen molar-refractivity contribution in [2.24, 2.45) is 5.92 Å². The minimum atomic E-state index is -0.219. The number of hydrogen-bond donors (Lipinski definition) is 1. The second-order valence-corrected chi connectivity index (χ2v) is 3.89. The zero-order valence-corrected chi connectivity index (χ0v) is 28.9. The molecule has 0 unspecified atom stereocenters. The van der Waals surface area contributed by atoms with E-state index >= 15 is 0 Å². The Bertz CT molecular complexity index is 334. The molecule has 1 fully saturated rings. The predicted octanol–water partition coefficient (Wildman–Crippen LogP) is 2.82. The van der Waals surface area contributed by atoms with Crippen LogP contribution in [0.2, 0.25) is 0 Å². The third-order valence-corrected chi connectivity index (χ3v) is 2.94. The third kappa shape index (κ3) is 13.1. The van der Waals surface area contributed by atoms with Gasteiger partial charge >= 0.3 is 0 Å². The van der Waals surface area contributed by atoms with Crippen LogP contribution in [0.5, 0.6) is 0 Å². The van der Waals surface area contributed by atoms with Crippen molar-refractivity contribution in [2.45, 2.75) is 12.3 Å². The fourth-order valence-corrected chi connectivity index (χ4v) is 2.09. The van der Waals surface area contributed by atoms with Crippen molar-refractivity contribution in [2.75, 3.05) is 13.1 Å². The molecule has 2 atom stereocenters. The minimum absolute atomic E-state index is 0. The normalized spacial score (nSPS) is 19.0. The average molecular weight is 836 g/mol. The van der Waals surface area contributed by atoms with E-state index < -0.39 is 0 Å². The molecule has 5 radical (unpaired) electrons. The molecule has 1 aromatic carbocycles. The molecule has 1 heterocycles. The molecule has 1 N–H and O–H groups in total. The Morgan fingerprint density at radius 2 is 1.57 bits per heavy atom. The van der Waals surface area contributed by atoms with Crippen molar-refractivity contribution in [1.82, 2.24) is 0 Å². The third-order valence-electron chi connectivity index (χ3n) is 2.94. The zero-order chi connectivity index (χ0) is 10.7. The Kier molecular flexibility index (Phi) is 38.1. The summed E-state index contributed by atoms with van der Waals surface area (Å²) >= 11 is 0. The number of rotatable bonds is 2. The molecular weight excluding hydrogens is 822 g/mol. The van der Waals surface area contributed by atoms with Crippen molar-refractivity contribution in [3.63, 3.8) is 0 Å². The molecule has 2 nitrogen and oxygen atoms in total. The maximum Gasteiger partial charge on any atom is 0.123 e. The molecule has 1 saturated heterocycles. The number of halogens is 1. The average Bonchev–Trinajstić information content (AvgIpc) is 2.30. The predicted molar refractivity (Wildman–Crippen MR) is 56.6 cm³/mol. The van der Waals surface area contributed by atoms with Crippen LogP contribution in [0.1, 0.15) is 17.9 Å². The first kappa shape index (κ1) is 37.1. The summed E-state index contributed by atoms with van der Waals surface area (Å²) in [6, 6.07) is 6.52. The maximum absolute atomic E-state index is 12.8. The van der Waals surface area contributed by atoms with Gasteiger partial charge in [-0.05, 0) is 23.6 Å². The van der Waals surface area contributed by atoms with Crippen LogP contribution in [-0.2, 0) is 185 Å². The summed E-state index contributed by atoms with van der Waals surface area (Å²) < 4.78 is 12.8. The fraction of sp³-hybridized carbons (Fsp3) is 0.417. The molecule has 0 saturated carbocycles. The molecule has 21 heavy (non-hydrogen) atoms. The van der Waals surface area contributed by atoms with Gasteiger partial charge in [0.2, 0.25) is 0 Å². The summed E-state index contributed by atoms with van der Waals surface area (Å²) in [5.41, 5.74) is 1.08. The van der Waals surface area contributed by atoms with E-state index in [2.05, 4.69) is 5.32 Å². The summed E-state index contributed by atoms with van der Waals surface area (Å²) in [6.07, 6.45) is 0.924. The molecule has 0 aliphatic carbocycles. The molecule has 1 aliphatic rings. The summed E-state index contributed by atoms with van der Waals surface area (Å²) in [5.74, 6) is 0.126. The van der Waals surface area contributed by atoms with Crippen LogP contribution in [0.4, 0.5) is 4.39 Å². The molecule has 0 aromatic heterocycles. The summed E-state index contributed by atoms with van der Waals surface area (Å²) in [7, 11) is 0. The van der Waals surface area contributed by atoms with Gasteiger partial charge in [0.15, 0.2) is 0 Å². The topological polar surface area (TPSA) is 34.3 Å². The molecule has 0 amide bonds. The summed E-state index contributed by atoms with van der Waals surface area (Å²) in [6.45, 7) is 2.71. The van der Waals surface area contributed by atoms with Crippen LogP contribution in [0.25, 0.3) is 5.32 Å². The number of aliphatic hydroxyl groups excluding tert-OH is 1. The Hall–Kier alpha value is 5.28. The van der Waals surface area contributed by atoms with E-state index in [1.54, 1.807) is 12.1 Å². The molecule has 1 aromatic rings. The Balaban J connectivity index is -0.000000142. The molecule has 103 valence electrons. The second-order valence-electron chi connectivity index (χ2n) is 3.89. The maximum atomic E-state index is 12.8. The molecular formula is C12H14FNOWY5-2. The minimum Gasteiger partial charge on any atom is -0.664 e. The largest absolute Gasteiger partial charge is 0.664 e. The summed E-state index contributed by atoms with van der Waals surface area (Å²) in [4.78, 5) is 0. The van der Waals surface area contributed by atoms with Gasteiger partial charge in [-0.25, -0.2) is 11.0 Å². The Labute approximate surface area is 266 Å². The molecule has 0 bridgehead atoms. The first-order valence-corrected chi connectivity index (χ1v) is 5.17. The van der Waals surface area contributed by atoms with Crippen molar-refractivity contribution >= 4 is 0 Å². The first-order valence-electron chi connectivity index (χ1n) is 5.17. The van der Waals surface area contributed by atoms with Gasteiger partial charge in [-0.15, -0.1) is 6.54 Å². The van der Waals surface area contributed by atoms with E-state index in [0.29, 0.717) is 6.54 Å². The fourth-order valence-electron chi connectivity index (χ4n) is 2.09.